The van der Waals surface area contributed by atoms with E-state index in [0.29, 0.717) is 5.95 Å². The zero-order valence-corrected chi connectivity index (χ0v) is 16.3. The Balaban J connectivity index is 1.95. The van der Waals surface area contributed by atoms with Crippen LogP contribution in [-0.2, 0) is 13.0 Å². The number of anilines is 3. The molecular weight excluding hydrogens is 322 g/mol. The number of fused-ring (bicyclic) bond motifs is 1. The van der Waals surface area contributed by atoms with Crippen molar-refractivity contribution in [1.82, 2.24) is 14.5 Å². The predicted molar refractivity (Wildman–Crippen MR) is 110 cm³/mol. The van der Waals surface area contributed by atoms with Gasteiger partial charge in [0.15, 0.2) is 0 Å². The maximum atomic E-state index is 4.76. The fourth-order valence-electron chi connectivity index (χ4n) is 3.30. The molecule has 2 aromatic heterocycles. The van der Waals surface area contributed by atoms with Crippen LogP contribution in [0, 0.1) is 0 Å². The molecule has 0 fully saturated rings. The van der Waals surface area contributed by atoms with E-state index in [2.05, 4.69) is 79.0 Å². The van der Waals surface area contributed by atoms with Gasteiger partial charge in [0, 0.05) is 43.3 Å². The van der Waals surface area contributed by atoms with Crippen LogP contribution in [0.3, 0.4) is 0 Å². The lowest BCUT2D eigenvalue weighted by Crippen LogP contribution is -2.23. The molecule has 0 aliphatic heterocycles. The summed E-state index contributed by atoms with van der Waals surface area (Å²) in [5.74, 6) is 1.67. The average Bonchev–Trinajstić information content (AvgIpc) is 3.05. The first-order valence-corrected chi connectivity index (χ1v) is 9.67. The molecule has 0 radical (unpaired) electrons. The Morgan fingerprint density at radius 3 is 2.50 bits per heavy atom. The van der Waals surface area contributed by atoms with E-state index >= 15 is 0 Å². The molecule has 0 bridgehead atoms. The highest BCUT2D eigenvalue weighted by molar-refractivity contribution is 5.84. The Kier molecular flexibility index (Phi) is 5.76. The van der Waals surface area contributed by atoms with Crippen molar-refractivity contribution in [2.75, 3.05) is 23.3 Å². The van der Waals surface area contributed by atoms with Crippen LogP contribution in [-0.4, -0.2) is 27.6 Å². The third-order valence-corrected chi connectivity index (χ3v) is 4.73. The number of hydrogen-bond acceptors (Lipinski definition) is 4. The van der Waals surface area contributed by atoms with Crippen LogP contribution in [0.5, 0.6) is 0 Å². The third-order valence-electron chi connectivity index (χ3n) is 4.73. The van der Waals surface area contributed by atoms with Gasteiger partial charge in [0.1, 0.15) is 5.82 Å². The molecule has 1 aromatic carbocycles. The zero-order valence-electron chi connectivity index (χ0n) is 16.3. The standard InChI is InChI=1S/C21H29N5/c1-5-9-17-15-20(25(6-2)7-3)24-21(22-17)23-18-11-10-16-12-13-26(8-4)19(16)14-18/h10-15H,5-9H2,1-4H3,(H,22,23,24). The molecule has 0 aliphatic rings. The van der Waals surface area contributed by atoms with Crippen LogP contribution in [0.25, 0.3) is 10.9 Å². The molecule has 138 valence electrons. The first-order valence-electron chi connectivity index (χ1n) is 9.67. The average molecular weight is 351 g/mol. The molecule has 5 heteroatoms. The fourth-order valence-corrected chi connectivity index (χ4v) is 3.30. The largest absolute Gasteiger partial charge is 0.357 e. The molecule has 0 saturated carbocycles. The lowest BCUT2D eigenvalue weighted by Gasteiger charge is -2.21. The van der Waals surface area contributed by atoms with E-state index < -0.39 is 0 Å². The van der Waals surface area contributed by atoms with E-state index in [-0.39, 0.29) is 0 Å². The van der Waals surface area contributed by atoms with E-state index in [9.17, 15) is 0 Å². The zero-order chi connectivity index (χ0) is 18.5. The number of hydrogen-bond donors (Lipinski definition) is 1. The minimum Gasteiger partial charge on any atom is -0.357 e. The summed E-state index contributed by atoms with van der Waals surface area (Å²) < 4.78 is 2.25. The minimum absolute atomic E-state index is 0.673. The van der Waals surface area contributed by atoms with Gasteiger partial charge in [-0.25, -0.2) is 4.98 Å². The summed E-state index contributed by atoms with van der Waals surface area (Å²) in [7, 11) is 0. The van der Waals surface area contributed by atoms with Gasteiger partial charge in [-0.3, -0.25) is 0 Å². The first-order chi connectivity index (χ1) is 12.7. The topological polar surface area (TPSA) is 46.0 Å². The van der Waals surface area contributed by atoms with Gasteiger partial charge in [0.25, 0.3) is 0 Å². The van der Waals surface area contributed by atoms with Gasteiger partial charge in [0.2, 0.25) is 5.95 Å². The van der Waals surface area contributed by atoms with Crippen molar-refractivity contribution in [3.05, 3.63) is 42.2 Å². The lowest BCUT2D eigenvalue weighted by atomic mass is 10.2. The van der Waals surface area contributed by atoms with Gasteiger partial charge in [0.05, 0.1) is 5.52 Å². The SMILES string of the molecule is CCCc1cc(N(CC)CC)nc(Nc2ccc3ccn(CC)c3c2)n1. The Morgan fingerprint density at radius 2 is 1.81 bits per heavy atom. The predicted octanol–water partition coefficient (Wildman–Crippen LogP) is 4.99. The van der Waals surface area contributed by atoms with Crippen molar-refractivity contribution in [2.45, 2.75) is 47.1 Å². The molecule has 2 heterocycles. The first kappa shape index (κ1) is 18.2. The molecule has 1 N–H and O–H groups in total. The molecule has 0 amide bonds. The van der Waals surface area contributed by atoms with Gasteiger partial charge in [-0.2, -0.15) is 4.98 Å². The van der Waals surface area contributed by atoms with E-state index in [4.69, 9.17) is 9.97 Å². The Labute approximate surface area is 156 Å². The van der Waals surface area contributed by atoms with Crippen molar-refractivity contribution < 1.29 is 0 Å². The number of aryl methyl sites for hydroxylation is 2. The van der Waals surface area contributed by atoms with Crippen LogP contribution in [0.4, 0.5) is 17.5 Å². The van der Waals surface area contributed by atoms with Crippen molar-refractivity contribution in [3.63, 3.8) is 0 Å². The summed E-state index contributed by atoms with van der Waals surface area (Å²) >= 11 is 0. The summed E-state index contributed by atoms with van der Waals surface area (Å²) in [6.45, 7) is 11.5. The molecule has 5 nitrogen and oxygen atoms in total. The second-order valence-corrected chi connectivity index (χ2v) is 6.46. The number of rotatable bonds is 8. The fraction of sp³-hybridized carbons (Fsp3) is 0.429. The second kappa shape index (κ2) is 8.21. The van der Waals surface area contributed by atoms with Crippen molar-refractivity contribution in [3.8, 4) is 0 Å². The van der Waals surface area contributed by atoms with Crippen molar-refractivity contribution in [2.24, 2.45) is 0 Å². The van der Waals surface area contributed by atoms with Crippen molar-refractivity contribution >= 4 is 28.4 Å². The van der Waals surface area contributed by atoms with Crippen LogP contribution >= 0.6 is 0 Å². The van der Waals surface area contributed by atoms with E-state index in [1.165, 1.54) is 10.9 Å². The van der Waals surface area contributed by atoms with Gasteiger partial charge in [-0.05, 0) is 50.8 Å². The van der Waals surface area contributed by atoms with E-state index in [1.807, 2.05) is 0 Å². The molecule has 0 atom stereocenters. The number of benzene rings is 1. The second-order valence-electron chi connectivity index (χ2n) is 6.46. The van der Waals surface area contributed by atoms with Gasteiger partial charge < -0.3 is 14.8 Å². The van der Waals surface area contributed by atoms with E-state index in [0.717, 1.165) is 49.7 Å². The highest BCUT2D eigenvalue weighted by atomic mass is 15.2. The van der Waals surface area contributed by atoms with Crippen LogP contribution in [0.2, 0.25) is 0 Å². The van der Waals surface area contributed by atoms with Gasteiger partial charge in [-0.15, -0.1) is 0 Å². The molecule has 0 unspecified atom stereocenters. The third kappa shape index (κ3) is 3.82. The molecule has 3 aromatic rings. The molecule has 26 heavy (non-hydrogen) atoms. The molecule has 0 saturated heterocycles. The molecule has 0 aliphatic carbocycles. The minimum atomic E-state index is 0.673. The molecule has 3 rings (SSSR count). The quantitative estimate of drug-likeness (QED) is 0.621. The lowest BCUT2D eigenvalue weighted by molar-refractivity contribution is 0.798. The van der Waals surface area contributed by atoms with Crippen LogP contribution < -0.4 is 10.2 Å². The Hall–Kier alpha value is -2.56. The molecular formula is C21H29N5. The normalized spacial score (nSPS) is 11.1. The van der Waals surface area contributed by atoms with Crippen LogP contribution in [0.1, 0.15) is 39.8 Å². The summed E-state index contributed by atoms with van der Waals surface area (Å²) in [5, 5.41) is 4.67. The maximum absolute atomic E-state index is 4.76. The Morgan fingerprint density at radius 1 is 1.00 bits per heavy atom. The number of aromatic nitrogens is 3. The van der Waals surface area contributed by atoms with Gasteiger partial charge >= 0.3 is 0 Å². The van der Waals surface area contributed by atoms with Gasteiger partial charge in [-0.1, -0.05) is 19.4 Å². The number of nitrogens with zero attached hydrogens (tertiary/aromatic N) is 4. The molecule has 0 spiro atoms. The smallest absolute Gasteiger partial charge is 0.229 e. The highest BCUT2D eigenvalue weighted by Gasteiger charge is 2.10. The maximum Gasteiger partial charge on any atom is 0.229 e. The summed E-state index contributed by atoms with van der Waals surface area (Å²) in [6.07, 6.45) is 4.17. The summed E-state index contributed by atoms with van der Waals surface area (Å²) in [4.78, 5) is 11.7. The van der Waals surface area contributed by atoms with E-state index in [1.54, 1.807) is 0 Å². The van der Waals surface area contributed by atoms with Crippen LogP contribution in [0.15, 0.2) is 36.5 Å². The summed E-state index contributed by atoms with van der Waals surface area (Å²) in [5.41, 5.74) is 3.33. The monoisotopic (exact) mass is 351 g/mol. The summed E-state index contributed by atoms with van der Waals surface area (Å²) in [6, 6.07) is 10.7. The highest BCUT2D eigenvalue weighted by Crippen LogP contribution is 2.24. The Bertz CT molecular complexity index is 864. The van der Waals surface area contributed by atoms with Crippen molar-refractivity contribution in [1.29, 1.82) is 0 Å². The number of nitrogens with one attached hydrogen (secondary N) is 1.